The van der Waals surface area contributed by atoms with E-state index in [1.54, 1.807) is 12.1 Å². The van der Waals surface area contributed by atoms with Gasteiger partial charge in [0.2, 0.25) is 0 Å². The highest BCUT2D eigenvalue weighted by molar-refractivity contribution is 5.24. The molecule has 0 unspecified atom stereocenters. The second kappa shape index (κ2) is 4.61. The van der Waals surface area contributed by atoms with Gasteiger partial charge in [0.25, 0.3) is 0 Å². The van der Waals surface area contributed by atoms with Crippen molar-refractivity contribution in [2.75, 3.05) is 19.8 Å². The number of halogens is 1. The van der Waals surface area contributed by atoms with Crippen molar-refractivity contribution >= 4 is 0 Å². The zero-order valence-electron chi connectivity index (χ0n) is 10.1. The van der Waals surface area contributed by atoms with E-state index in [9.17, 15) is 9.50 Å². The van der Waals surface area contributed by atoms with Gasteiger partial charge in [0.05, 0.1) is 13.2 Å². The average molecular weight is 252 g/mol. The van der Waals surface area contributed by atoms with Gasteiger partial charge in [0, 0.05) is 19.4 Å². The molecule has 1 heterocycles. The Hall–Kier alpha value is -0.970. The van der Waals surface area contributed by atoms with Crippen LogP contribution in [0.25, 0.3) is 0 Å². The van der Waals surface area contributed by atoms with Gasteiger partial charge in [0.1, 0.15) is 5.82 Å². The Morgan fingerprint density at radius 3 is 2.72 bits per heavy atom. The van der Waals surface area contributed by atoms with E-state index in [4.69, 9.17) is 9.47 Å². The first kappa shape index (κ1) is 12.1. The van der Waals surface area contributed by atoms with Crippen LogP contribution in [-0.2, 0) is 9.47 Å². The molecular formula is C14H17FO3. The van der Waals surface area contributed by atoms with E-state index in [0.717, 1.165) is 5.56 Å². The third kappa shape index (κ3) is 2.05. The molecule has 18 heavy (non-hydrogen) atoms. The molecule has 4 heteroatoms. The van der Waals surface area contributed by atoms with Gasteiger partial charge in [-0.2, -0.15) is 0 Å². The maximum atomic E-state index is 13.3. The molecule has 2 atom stereocenters. The lowest BCUT2D eigenvalue weighted by Gasteiger charge is -2.21. The lowest BCUT2D eigenvalue weighted by molar-refractivity contribution is -0.153. The highest BCUT2D eigenvalue weighted by atomic mass is 19.1. The average Bonchev–Trinajstić information content (AvgIpc) is 2.97. The van der Waals surface area contributed by atoms with Gasteiger partial charge >= 0.3 is 0 Å². The molecule has 3 rings (SSSR count). The van der Waals surface area contributed by atoms with Crippen molar-refractivity contribution in [1.82, 2.24) is 0 Å². The van der Waals surface area contributed by atoms with E-state index >= 15 is 0 Å². The van der Waals surface area contributed by atoms with Crippen molar-refractivity contribution in [3.8, 4) is 0 Å². The summed E-state index contributed by atoms with van der Waals surface area (Å²) in [6.07, 6.45) is 1.38. The van der Waals surface area contributed by atoms with Crippen molar-refractivity contribution in [2.45, 2.75) is 24.5 Å². The predicted molar refractivity (Wildman–Crippen MR) is 63.6 cm³/mol. The summed E-state index contributed by atoms with van der Waals surface area (Å²) in [6, 6.07) is 6.59. The predicted octanol–water partition coefficient (Wildman–Crippen LogP) is 2.05. The Labute approximate surface area is 106 Å². The highest BCUT2D eigenvalue weighted by Gasteiger charge is 2.49. The Kier molecular flexibility index (Phi) is 3.09. The Balaban J connectivity index is 1.86. The van der Waals surface area contributed by atoms with Crippen LogP contribution in [0.4, 0.5) is 4.39 Å². The molecule has 1 N–H and O–H groups in total. The zero-order chi connectivity index (χ0) is 12.6. The minimum atomic E-state index is -0.551. The molecule has 1 aliphatic heterocycles. The molecule has 1 aliphatic carbocycles. The largest absolute Gasteiger partial charge is 0.396 e. The first-order valence-corrected chi connectivity index (χ1v) is 6.37. The van der Waals surface area contributed by atoms with E-state index in [1.165, 1.54) is 6.07 Å². The number of rotatable bonds is 2. The van der Waals surface area contributed by atoms with Crippen LogP contribution >= 0.6 is 0 Å². The van der Waals surface area contributed by atoms with Gasteiger partial charge < -0.3 is 14.6 Å². The summed E-state index contributed by atoms with van der Waals surface area (Å²) >= 11 is 0. The number of hydrogen-bond acceptors (Lipinski definition) is 3. The summed E-state index contributed by atoms with van der Waals surface area (Å²) in [5.74, 6) is -0.614. The normalized spacial score (nSPS) is 30.1. The van der Waals surface area contributed by atoms with Gasteiger partial charge in [-0.05, 0) is 29.5 Å². The van der Waals surface area contributed by atoms with Crippen molar-refractivity contribution in [1.29, 1.82) is 0 Å². The monoisotopic (exact) mass is 252 g/mol. The molecule has 1 spiro atoms. The second-order valence-electron chi connectivity index (χ2n) is 5.12. The molecule has 2 fully saturated rings. The van der Waals surface area contributed by atoms with Gasteiger partial charge in [-0.15, -0.1) is 0 Å². The van der Waals surface area contributed by atoms with Gasteiger partial charge in [0.15, 0.2) is 5.79 Å². The fraction of sp³-hybridized carbons (Fsp3) is 0.571. The lowest BCUT2D eigenvalue weighted by atomic mass is 9.89. The van der Waals surface area contributed by atoms with Crippen LogP contribution in [0, 0.1) is 11.7 Å². The van der Waals surface area contributed by atoms with Crippen molar-refractivity contribution in [3.63, 3.8) is 0 Å². The molecule has 3 nitrogen and oxygen atoms in total. The topological polar surface area (TPSA) is 38.7 Å². The van der Waals surface area contributed by atoms with Crippen LogP contribution in [0.15, 0.2) is 24.3 Å². The summed E-state index contributed by atoms with van der Waals surface area (Å²) in [4.78, 5) is 0. The maximum Gasteiger partial charge on any atom is 0.169 e. The van der Waals surface area contributed by atoms with E-state index in [2.05, 4.69) is 0 Å². The summed E-state index contributed by atoms with van der Waals surface area (Å²) in [5.41, 5.74) is 0.921. The molecule has 0 aromatic heterocycles. The lowest BCUT2D eigenvalue weighted by Crippen LogP contribution is -2.26. The van der Waals surface area contributed by atoms with E-state index in [0.29, 0.717) is 26.1 Å². The van der Waals surface area contributed by atoms with Gasteiger partial charge in [-0.3, -0.25) is 0 Å². The number of aliphatic hydroxyl groups excluding tert-OH is 1. The van der Waals surface area contributed by atoms with Crippen LogP contribution in [0.5, 0.6) is 0 Å². The molecule has 98 valence electrons. The summed E-state index contributed by atoms with van der Waals surface area (Å²) < 4.78 is 24.7. The first-order valence-electron chi connectivity index (χ1n) is 6.37. The smallest absolute Gasteiger partial charge is 0.169 e. The Morgan fingerprint density at radius 2 is 2.06 bits per heavy atom. The molecule has 0 amide bonds. The van der Waals surface area contributed by atoms with Gasteiger partial charge in [-0.1, -0.05) is 12.1 Å². The van der Waals surface area contributed by atoms with Gasteiger partial charge in [-0.25, -0.2) is 4.39 Å². The third-order valence-electron chi connectivity index (χ3n) is 4.00. The van der Waals surface area contributed by atoms with Crippen LogP contribution in [0.3, 0.4) is 0 Å². The van der Waals surface area contributed by atoms with E-state index in [-0.39, 0.29) is 24.3 Å². The van der Waals surface area contributed by atoms with E-state index in [1.807, 2.05) is 6.07 Å². The molecular weight excluding hydrogens is 235 g/mol. The minimum Gasteiger partial charge on any atom is -0.396 e. The van der Waals surface area contributed by atoms with E-state index < -0.39 is 5.79 Å². The maximum absolute atomic E-state index is 13.3. The minimum absolute atomic E-state index is 0.0740. The molecule has 0 radical (unpaired) electrons. The molecule has 1 aromatic rings. The fourth-order valence-electron chi connectivity index (χ4n) is 3.18. The van der Waals surface area contributed by atoms with Crippen LogP contribution in [-0.4, -0.2) is 30.7 Å². The van der Waals surface area contributed by atoms with Crippen LogP contribution < -0.4 is 0 Å². The Morgan fingerprint density at radius 1 is 1.28 bits per heavy atom. The van der Waals surface area contributed by atoms with Crippen molar-refractivity contribution in [3.05, 3.63) is 35.6 Å². The second-order valence-corrected chi connectivity index (χ2v) is 5.12. The summed E-state index contributed by atoms with van der Waals surface area (Å²) in [7, 11) is 0. The van der Waals surface area contributed by atoms with Crippen molar-refractivity contribution in [2.24, 2.45) is 5.92 Å². The Bertz CT molecular complexity index is 429. The standard InChI is InChI=1S/C14H17FO3/c15-12-3-1-2-10(6-12)13-8-14(7-11(13)9-16)17-4-5-18-14/h1-3,6,11,13,16H,4-5,7-9H2/t11-,13-/m1/s1. The molecule has 1 aromatic carbocycles. The first-order chi connectivity index (χ1) is 8.72. The quantitative estimate of drug-likeness (QED) is 0.875. The fourth-order valence-corrected chi connectivity index (χ4v) is 3.18. The highest BCUT2D eigenvalue weighted by Crippen LogP contribution is 2.49. The molecule has 1 saturated heterocycles. The number of ether oxygens (including phenoxy) is 2. The van der Waals surface area contributed by atoms with Crippen molar-refractivity contribution < 1.29 is 19.0 Å². The number of hydrogen-bond donors (Lipinski definition) is 1. The third-order valence-corrected chi connectivity index (χ3v) is 4.00. The summed E-state index contributed by atoms with van der Waals surface area (Å²) in [5, 5.41) is 9.51. The zero-order valence-corrected chi connectivity index (χ0v) is 10.1. The summed E-state index contributed by atoms with van der Waals surface area (Å²) in [6.45, 7) is 1.29. The SMILES string of the molecule is OC[C@H]1CC2(C[C@@H]1c1cccc(F)c1)OCCO2. The molecule has 1 saturated carbocycles. The van der Waals surface area contributed by atoms with Crippen LogP contribution in [0.2, 0.25) is 0 Å². The number of benzene rings is 1. The number of aliphatic hydroxyl groups is 1. The molecule has 0 bridgehead atoms. The molecule has 2 aliphatic rings. The van der Waals surface area contributed by atoms with Crippen LogP contribution in [0.1, 0.15) is 24.3 Å².